The minimum absolute atomic E-state index is 0.0000571. The summed E-state index contributed by atoms with van der Waals surface area (Å²) < 4.78 is 57.8. The van der Waals surface area contributed by atoms with Gasteiger partial charge in [0.05, 0.1) is 31.3 Å². The molecule has 3 heterocycles. The van der Waals surface area contributed by atoms with Crippen molar-refractivity contribution in [2.75, 3.05) is 39.5 Å². The van der Waals surface area contributed by atoms with Crippen LogP contribution in [0.15, 0.2) is 54.6 Å². The third-order valence-electron chi connectivity index (χ3n) is 8.95. The van der Waals surface area contributed by atoms with Gasteiger partial charge in [-0.05, 0) is 48.8 Å². The van der Waals surface area contributed by atoms with Gasteiger partial charge in [0.15, 0.2) is 17.8 Å². The van der Waals surface area contributed by atoms with Crippen LogP contribution in [0.1, 0.15) is 45.1 Å². The predicted molar refractivity (Wildman–Crippen MR) is 177 cm³/mol. The molecular formula is C34H47N3O11S. The van der Waals surface area contributed by atoms with Crippen LogP contribution < -0.4 is 20.1 Å². The molecule has 15 heteroatoms. The van der Waals surface area contributed by atoms with Crippen molar-refractivity contribution in [3.8, 4) is 11.5 Å². The summed E-state index contributed by atoms with van der Waals surface area (Å²) >= 11 is 0. The van der Waals surface area contributed by atoms with E-state index in [0.717, 1.165) is 9.87 Å². The maximum atomic E-state index is 14.2. The summed E-state index contributed by atoms with van der Waals surface area (Å²) in [5, 5.41) is 26.1. The first kappa shape index (κ1) is 36.8. The standard InChI is InChI=1S/C34H47N3O11S/c1-34(2,15-8-9-16-35-30(40)20-38)22-37(49(42,43)33-47-27-12-6-7-13-28(27)48-33)19-26(39)25(18-23-10-4-3-5-11-23)36-32(41)46-29-21-45-31-24(29)14-17-44-31/h3-7,10-13,24-26,29,31,33,38-39H,8-9,14-22H2,1-2H3,(H,35,40)(H,36,41)/t24-,25-,26-,29-,31+/m0/s1. The molecule has 4 N–H and O–H groups in total. The number of aliphatic hydroxyl groups is 2. The molecule has 2 amide bonds. The zero-order valence-electron chi connectivity index (χ0n) is 27.9. The SMILES string of the molecule is CC(C)(CCCCNC(=O)CO)CN(C[C@H](O)[C@H](Cc1ccccc1)NC(=O)O[C@H]1CO[C@H]2OCC[C@H]21)S(=O)(=O)C1Oc2ccccc2O1. The Balaban J connectivity index is 1.32. The van der Waals surface area contributed by atoms with E-state index in [9.17, 15) is 23.1 Å². The lowest BCUT2D eigenvalue weighted by molar-refractivity contribution is -0.123. The number of fused-ring (bicyclic) bond motifs is 2. The fraction of sp³-hybridized carbons (Fsp3) is 0.588. The summed E-state index contributed by atoms with van der Waals surface area (Å²) in [5.41, 5.74) is -1.43. The maximum absolute atomic E-state index is 14.2. The Morgan fingerprint density at radius 2 is 1.73 bits per heavy atom. The van der Waals surface area contributed by atoms with Gasteiger partial charge in [-0.25, -0.2) is 13.2 Å². The normalized spacial score (nSPS) is 21.7. The van der Waals surface area contributed by atoms with Crippen LogP contribution in [0.25, 0.3) is 0 Å². The lowest BCUT2D eigenvalue weighted by Crippen LogP contribution is -2.54. The van der Waals surface area contributed by atoms with Crippen LogP contribution in [-0.2, 0) is 35.4 Å². The monoisotopic (exact) mass is 705 g/mol. The highest BCUT2D eigenvalue weighted by Gasteiger charge is 2.45. The minimum atomic E-state index is -4.34. The van der Waals surface area contributed by atoms with Crippen LogP contribution in [-0.4, -0.2) is 105 Å². The summed E-state index contributed by atoms with van der Waals surface area (Å²) in [4.78, 5) is 24.6. The van der Waals surface area contributed by atoms with Crippen molar-refractivity contribution < 1.29 is 51.9 Å². The minimum Gasteiger partial charge on any atom is -0.443 e. The predicted octanol–water partition coefficient (Wildman–Crippen LogP) is 2.14. The molecule has 5 rings (SSSR count). The molecule has 2 aromatic carbocycles. The zero-order valence-corrected chi connectivity index (χ0v) is 28.7. The average molecular weight is 706 g/mol. The average Bonchev–Trinajstić information content (AvgIpc) is 3.82. The van der Waals surface area contributed by atoms with Gasteiger partial charge in [0.2, 0.25) is 5.91 Å². The van der Waals surface area contributed by atoms with E-state index in [1.165, 1.54) is 0 Å². The van der Waals surface area contributed by atoms with Crippen LogP contribution in [0.3, 0.4) is 0 Å². The molecule has 14 nitrogen and oxygen atoms in total. The van der Waals surface area contributed by atoms with Crippen LogP contribution in [0.4, 0.5) is 4.79 Å². The van der Waals surface area contributed by atoms with Crippen LogP contribution in [0.2, 0.25) is 0 Å². The number of benzene rings is 2. The number of hydrogen-bond donors (Lipinski definition) is 4. The molecule has 49 heavy (non-hydrogen) atoms. The van der Waals surface area contributed by atoms with E-state index >= 15 is 0 Å². The highest BCUT2D eigenvalue weighted by atomic mass is 32.2. The van der Waals surface area contributed by atoms with E-state index in [0.29, 0.717) is 38.8 Å². The van der Waals surface area contributed by atoms with Crippen LogP contribution in [0.5, 0.6) is 11.5 Å². The van der Waals surface area contributed by atoms with E-state index in [1.807, 2.05) is 44.2 Å². The van der Waals surface area contributed by atoms with Gasteiger partial charge >= 0.3 is 11.7 Å². The number of nitrogens with zero attached hydrogens (tertiary/aromatic N) is 1. The molecule has 2 saturated heterocycles. The second kappa shape index (κ2) is 16.5. The molecule has 270 valence electrons. The Hall–Kier alpha value is -3.47. The smallest absolute Gasteiger partial charge is 0.407 e. The fourth-order valence-corrected chi connectivity index (χ4v) is 7.89. The molecule has 0 saturated carbocycles. The second-order valence-electron chi connectivity index (χ2n) is 13.4. The zero-order chi connectivity index (χ0) is 35.0. The first-order valence-corrected chi connectivity index (χ1v) is 18.2. The molecule has 2 fully saturated rings. The number of hydrogen-bond acceptors (Lipinski definition) is 11. The Labute approximate surface area is 287 Å². The Bertz CT molecular complexity index is 1480. The van der Waals surface area contributed by atoms with E-state index in [1.54, 1.807) is 24.3 Å². The molecule has 0 unspecified atom stereocenters. The molecule has 0 aromatic heterocycles. The van der Waals surface area contributed by atoms with E-state index < -0.39 is 64.2 Å². The van der Waals surface area contributed by atoms with Crippen LogP contribution in [0, 0.1) is 11.3 Å². The van der Waals surface area contributed by atoms with Gasteiger partial charge in [-0.3, -0.25) is 4.79 Å². The molecule has 0 bridgehead atoms. The number of ether oxygens (including phenoxy) is 5. The van der Waals surface area contributed by atoms with Crippen LogP contribution >= 0.6 is 0 Å². The first-order valence-electron chi connectivity index (χ1n) is 16.7. The quantitative estimate of drug-likeness (QED) is 0.177. The Morgan fingerprint density at radius 1 is 1.04 bits per heavy atom. The number of rotatable bonds is 17. The van der Waals surface area contributed by atoms with Crippen molar-refractivity contribution in [3.63, 3.8) is 0 Å². The van der Waals surface area contributed by atoms with Crippen molar-refractivity contribution in [3.05, 3.63) is 60.2 Å². The second-order valence-corrected chi connectivity index (χ2v) is 15.3. The van der Waals surface area contributed by atoms with Crippen molar-refractivity contribution in [1.82, 2.24) is 14.9 Å². The third-order valence-corrected chi connectivity index (χ3v) is 10.6. The van der Waals surface area contributed by atoms with Crippen molar-refractivity contribution >= 4 is 22.0 Å². The number of carbonyl (C=O) groups excluding carboxylic acids is 2. The first-order chi connectivity index (χ1) is 23.4. The highest BCUT2D eigenvalue weighted by molar-refractivity contribution is 7.89. The molecule has 2 aromatic rings. The Morgan fingerprint density at radius 3 is 2.43 bits per heavy atom. The van der Waals surface area contributed by atoms with Gasteiger partial charge < -0.3 is 44.5 Å². The lowest BCUT2D eigenvalue weighted by Gasteiger charge is -2.35. The summed E-state index contributed by atoms with van der Waals surface area (Å²) in [6.07, 6.45) is -0.242. The number of carbonyl (C=O) groups is 2. The number of alkyl carbamates (subject to hydrolysis) is 1. The summed E-state index contributed by atoms with van der Waals surface area (Å²) in [6.45, 7) is 3.97. The van der Waals surface area contributed by atoms with Gasteiger partial charge in [-0.15, -0.1) is 0 Å². The fourth-order valence-electron chi connectivity index (χ4n) is 6.30. The number of amides is 2. The molecule has 3 aliphatic rings. The molecule has 5 atom stereocenters. The highest BCUT2D eigenvalue weighted by Crippen LogP contribution is 2.37. The van der Waals surface area contributed by atoms with Gasteiger partial charge in [-0.2, -0.15) is 4.31 Å². The maximum Gasteiger partial charge on any atom is 0.407 e. The van der Waals surface area contributed by atoms with Gasteiger partial charge in [0, 0.05) is 19.6 Å². The summed E-state index contributed by atoms with van der Waals surface area (Å²) in [7, 11) is -4.34. The van der Waals surface area contributed by atoms with E-state index in [4.69, 9.17) is 28.8 Å². The van der Waals surface area contributed by atoms with E-state index in [2.05, 4.69) is 10.6 Å². The van der Waals surface area contributed by atoms with Crippen molar-refractivity contribution in [1.29, 1.82) is 0 Å². The molecule has 0 spiro atoms. The molecule has 0 radical (unpaired) electrons. The Kier molecular flexibility index (Phi) is 12.4. The topological polar surface area (TPSA) is 182 Å². The lowest BCUT2D eigenvalue weighted by atomic mass is 9.87. The number of para-hydroxylation sites is 2. The number of aliphatic hydroxyl groups excluding tert-OH is 2. The third kappa shape index (κ3) is 9.83. The van der Waals surface area contributed by atoms with Gasteiger partial charge in [0.1, 0.15) is 12.7 Å². The van der Waals surface area contributed by atoms with E-state index in [-0.39, 0.29) is 43.5 Å². The molecule has 3 aliphatic heterocycles. The number of sulfonamides is 1. The van der Waals surface area contributed by atoms with Gasteiger partial charge in [-0.1, -0.05) is 62.7 Å². The van der Waals surface area contributed by atoms with Crippen molar-refractivity contribution in [2.24, 2.45) is 11.3 Å². The molecular weight excluding hydrogens is 658 g/mol. The van der Waals surface area contributed by atoms with Crippen molar-refractivity contribution in [2.45, 2.75) is 76.1 Å². The number of unbranched alkanes of at least 4 members (excludes halogenated alkanes) is 1. The molecule has 0 aliphatic carbocycles. The number of nitrogens with one attached hydrogen (secondary N) is 2. The van der Waals surface area contributed by atoms with Gasteiger partial charge in [0.25, 0.3) is 10.0 Å². The summed E-state index contributed by atoms with van der Waals surface area (Å²) in [5.74, 6) is 0.0439. The summed E-state index contributed by atoms with van der Waals surface area (Å²) in [6, 6.07) is 15.0. The largest absolute Gasteiger partial charge is 0.443 e.